The summed E-state index contributed by atoms with van der Waals surface area (Å²) in [7, 11) is 1.49. The Labute approximate surface area is 128 Å². The molecule has 1 amide bonds. The second kappa shape index (κ2) is 7.38. The summed E-state index contributed by atoms with van der Waals surface area (Å²) in [5, 5.41) is 2.97. The Morgan fingerprint density at radius 1 is 1.35 bits per heavy atom. The molecule has 1 heterocycles. The molecule has 1 aromatic rings. The zero-order valence-corrected chi connectivity index (χ0v) is 14.2. The summed E-state index contributed by atoms with van der Waals surface area (Å²) in [6.07, 6.45) is 3.47. The minimum atomic E-state index is -3.81. The highest BCUT2D eigenvalue weighted by molar-refractivity contribution is 8.15. The molecule has 1 N–H and O–H groups in total. The standard InChI is InChI=1S/C12H19ClN2O3S2/c1-4-6-9(7-5-2)10(16)15-12-14-8(3)11(19-12)20(13,17)18/h9H,4-7H2,1-3H3,(H,14,15,16). The van der Waals surface area contributed by atoms with E-state index in [2.05, 4.69) is 10.3 Å². The molecule has 0 radical (unpaired) electrons. The number of halogens is 1. The van der Waals surface area contributed by atoms with Crippen LogP contribution in [0, 0.1) is 12.8 Å². The van der Waals surface area contributed by atoms with E-state index in [9.17, 15) is 13.2 Å². The van der Waals surface area contributed by atoms with Crippen molar-refractivity contribution in [3.63, 3.8) is 0 Å². The normalized spacial score (nSPS) is 11.8. The first kappa shape index (κ1) is 17.4. The maximum Gasteiger partial charge on any atom is 0.272 e. The Kier molecular flexibility index (Phi) is 6.42. The molecule has 0 aliphatic carbocycles. The molecule has 0 saturated heterocycles. The highest BCUT2D eigenvalue weighted by atomic mass is 35.7. The molecular weight excluding hydrogens is 320 g/mol. The number of carbonyl (C=O) groups is 1. The van der Waals surface area contributed by atoms with Gasteiger partial charge in [0.1, 0.15) is 0 Å². The molecule has 0 aliphatic heterocycles. The maximum atomic E-state index is 12.1. The van der Waals surface area contributed by atoms with Crippen molar-refractivity contribution < 1.29 is 13.2 Å². The van der Waals surface area contributed by atoms with Gasteiger partial charge in [-0.2, -0.15) is 0 Å². The molecule has 0 atom stereocenters. The van der Waals surface area contributed by atoms with E-state index in [4.69, 9.17) is 10.7 Å². The summed E-state index contributed by atoms with van der Waals surface area (Å²) in [5.74, 6) is -0.175. The van der Waals surface area contributed by atoms with E-state index in [1.54, 1.807) is 6.92 Å². The molecule has 0 spiro atoms. The Morgan fingerprint density at radius 3 is 2.30 bits per heavy atom. The van der Waals surface area contributed by atoms with E-state index in [0.717, 1.165) is 37.0 Å². The fourth-order valence-electron chi connectivity index (χ4n) is 1.97. The van der Waals surface area contributed by atoms with Crippen LogP contribution in [0.1, 0.15) is 45.2 Å². The van der Waals surface area contributed by atoms with Crippen LogP contribution in [-0.4, -0.2) is 19.3 Å². The Balaban J connectivity index is 2.85. The lowest BCUT2D eigenvalue weighted by Crippen LogP contribution is -2.22. The van der Waals surface area contributed by atoms with Crippen molar-refractivity contribution in [2.75, 3.05) is 5.32 Å². The summed E-state index contributed by atoms with van der Waals surface area (Å²) in [6, 6.07) is 0. The minimum absolute atomic E-state index is 0.0167. The SMILES string of the molecule is CCCC(CCC)C(=O)Nc1nc(C)c(S(=O)(=O)Cl)s1. The maximum absolute atomic E-state index is 12.1. The Hall–Kier alpha value is -0.660. The predicted octanol–water partition coefficient (Wildman–Crippen LogP) is 3.53. The molecule has 0 aromatic carbocycles. The van der Waals surface area contributed by atoms with Crippen LogP contribution >= 0.6 is 22.0 Å². The quantitative estimate of drug-likeness (QED) is 0.771. The first-order valence-corrected chi connectivity index (χ1v) is 9.65. The van der Waals surface area contributed by atoms with Crippen LogP contribution in [0.15, 0.2) is 4.21 Å². The molecule has 1 aromatic heterocycles. The number of aromatic nitrogens is 1. The van der Waals surface area contributed by atoms with Crippen molar-refractivity contribution in [1.29, 1.82) is 0 Å². The third-order valence-corrected chi connectivity index (χ3v) is 6.10. The zero-order chi connectivity index (χ0) is 15.3. The summed E-state index contributed by atoms with van der Waals surface area (Å²) < 4.78 is 22.6. The molecule has 8 heteroatoms. The van der Waals surface area contributed by atoms with Crippen molar-refractivity contribution in [3.8, 4) is 0 Å². The van der Waals surface area contributed by atoms with Gasteiger partial charge in [-0.1, -0.05) is 38.0 Å². The van der Waals surface area contributed by atoms with Gasteiger partial charge in [0.05, 0.1) is 5.69 Å². The third-order valence-electron chi connectivity index (χ3n) is 2.85. The van der Waals surface area contributed by atoms with E-state index in [-0.39, 0.29) is 21.2 Å². The number of hydrogen-bond donors (Lipinski definition) is 1. The van der Waals surface area contributed by atoms with Crippen molar-refractivity contribution >= 4 is 42.1 Å². The zero-order valence-electron chi connectivity index (χ0n) is 11.8. The van der Waals surface area contributed by atoms with Crippen LogP contribution in [0.2, 0.25) is 0 Å². The summed E-state index contributed by atoms with van der Waals surface area (Å²) in [5.41, 5.74) is 0.308. The summed E-state index contributed by atoms with van der Waals surface area (Å²) >= 11 is 0.885. The summed E-state index contributed by atoms with van der Waals surface area (Å²) in [4.78, 5) is 16.2. The lowest BCUT2D eigenvalue weighted by Gasteiger charge is -2.13. The fraction of sp³-hybridized carbons (Fsp3) is 0.667. The molecule has 0 aliphatic rings. The number of anilines is 1. The number of aryl methyl sites for hydroxylation is 1. The van der Waals surface area contributed by atoms with E-state index < -0.39 is 9.05 Å². The van der Waals surface area contributed by atoms with Gasteiger partial charge < -0.3 is 5.32 Å². The van der Waals surface area contributed by atoms with Crippen LogP contribution in [0.3, 0.4) is 0 Å². The van der Waals surface area contributed by atoms with Crippen LogP contribution in [0.25, 0.3) is 0 Å². The first-order valence-electron chi connectivity index (χ1n) is 6.52. The minimum Gasteiger partial charge on any atom is -0.302 e. The van der Waals surface area contributed by atoms with E-state index >= 15 is 0 Å². The van der Waals surface area contributed by atoms with Crippen molar-refractivity contribution in [3.05, 3.63) is 5.69 Å². The van der Waals surface area contributed by atoms with Crippen molar-refractivity contribution in [1.82, 2.24) is 4.98 Å². The van der Waals surface area contributed by atoms with E-state index in [0.29, 0.717) is 5.69 Å². The highest BCUT2D eigenvalue weighted by Gasteiger charge is 2.22. The monoisotopic (exact) mass is 338 g/mol. The average Bonchev–Trinajstić information content (AvgIpc) is 2.69. The van der Waals surface area contributed by atoms with Crippen LogP contribution < -0.4 is 5.32 Å². The molecule has 5 nitrogen and oxygen atoms in total. The van der Waals surface area contributed by atoms with Crippen molar-refractivity contribution in [2.24, 2.45) is 5.92 Å². The Bertz CT molecular complexity index is 563. The molecule has 0 saturated carbocycles. The summed E-state index contributed by atoms with van der Waals surface area (Å²) in [6.45, 7) is 5.61. The van der Waals surface area contributed by atoms with Gasteiger partial charge in [0.25, 0.3) is 9.05 Å². The largest absolute Gasteiger partial charge is 0.302 e. The average molecular weight is 339 g/mol. The number of hydrogen-bond acceptors (Lipinski definition) is 5. The van der Waals surface area contributed by atoms with Gasteiger partial charge in [0.2, 0.25) is 5.91 Å². The Morgan fingerprint density at radius 2 is 1.90 bits per heavy atom. The number of nitrogens with zero attached hydrogens (tertiary/aromatic N) is 1. The van der Waals surface area contributed by atoms with Crippen LogP contribution in [0.4, 0.5) is 5.13 Å². The van der Waals surface area contributed by atoms with Crippen LogP contribution in [-0.2, 0) is 13.8 Å². The fourth-order valence-corrected chi connectivity index (χ4v) is 4.33. The lowest BCUT2D eigenvalue weighted by molar-refractivity contribution is -0.120. The van der Waals surface area contributed by atoms with Gasteiger partial charge in [-0.15, -0.1) is 0 Å². The molecule has 0 unspecified atom stereocenters. The number of amides is 1. The van der Waals surface area contributed by atoms with Crippen LogP contribution in [0.5, 0.6) is 0 Å². The smallest absolute Gasteiger partial charge is 0.272 e. The first-order chi connectivity index (χ1) is 9.29. The van der Waals surface area contributed by atoms with Gasteiger partial charge in [-0.05, 0) is 19.8 Å². The highest BCUT2D eigenvalue weighted by Crippen LogP contribution is 2.30. The van der Waals surface area contributed by atoms with Gasteiger partial charge in [-0.25, -0.2) is 13.4 Å². The van der Waals surface area contributed by atoms with Crippen molar-refractivity contribution in [2.45, 2.75) is 50.7 Å². The van der Waals surface area contributed by atoms with Gasteiger partial charge in [0, 0.05) is 16.6 Å². The van der Waals surface area contributed by atoms with Gasteiger partial charge >= 0.3 is 0 Å². The number of nitrogens with one attached hydrogen (secondary N) is 1. The second-order valence-corrected chi connectivity index (χ2v) is 8.35. The van der Waals surface area contributed by atoms with E-state index in [1.165, 1.54) is 0 Å². The molecule has 0 bridgehead atoms. The molecule has 20 heavy (non-hydrogen) atoms. The lowest BCUT2D eigenvalue weighted by atomic mass is 9.97. The number of thiazole rings is 1. The predicted molar refractivity (Wildman–Crippen MR) is 81.8 cm³/mol. The molecule has 114 valence electrons. The molecular formula is C12H19ClN2O3S2. The number of carbonyl (C=O) groups excluding carboxylic acids is 1. The van der Waals surface area contributed by atoms with E-state index in [1.807, 2.05) is 13.8 Å². The van der Waals surface area contributed by atoms with Gasteiger partial charge in [-0.3, -0.25) is 4.79 Å². The van der Waals surface area contributed by atoms with Gasteiger partial charge in [0.15, 0.2) is 9.34 Å². The topological polar surface area (TPSA) is 76.1 Å². The molecule has 1 rings (SSSR count). The molecule has 0 fully saturated rings. The number of rotatable bonds is 7. The third kappa shape index (κ3) is 4.71. The second-order valence-electron chi connectivity index (χ2n) is 4.59.